The van der Waals surface area contributed by atoms with Gasteiger partial charge >= 0.3 is 0 Å². The fraction of sp³-hybridized carbons (Fsp3) is 0.500. The third-order valence-corrected chi connectivity index (χ3v) is 4.29. The second-order valence-electron chi connectivity index (χ2n) is 5.91. The van der Waals surface area contributed by atoms with Gasteiger partial charge in [0.2, 0.25) is 5.91 Å². The topological polar surface area (TPSA) is 81.9 Å². The lowest BCUT2D eigenvalue weighted by Gasteiger charge is -2.30. The molecule has 1 amide bonds. The smallest absolute Gasteiger partial charge is 0.231 e. The summed E-state index contributed by atoms with van der Waals surface area (Å²) in [5.41, 5.74) is 2.77. The lowest BCUT2D eigenvalue weighted by Crippen LogP contribution is -2.34. The molecule has 3 heterocycles. The highest BCUT2D eigenvalue weighted by molar-refractivity contribution is 5.92. The molecule has 122 valence electrons. The molecule has 23 heavy (non-hydrogen) atoms. The first-order valence-electron chi connectivity index (χ1n) is 7.77. The Bertz CT molecular complexity index is 712. The monoisotopic (exact) mass is 315 g/mol. The number of ether oxygens (including phenoxy) is 1. The van der Waals surface area contributed by atoms with Crippen LogP contribution in [0.15, 0.2) is 18.3 Å². The molecule has 0 aliphatic carbocycles. The van der Waals surface area contributed by atoms with Crippen molar-refractivity contribution in [2.45, 2.75) is 32.8 Å². The molecule has 7 nitrogen and oxygen atoms in total. The summed E-state index contributed by atoms with van der Waals surface area (Å²) in [7, 11) is 1.86. The number of hydrogen-bond donors (Lipinski definition) is 1. The van der Waals surface area contributed by atoms with Gasteiger partial charge in [0.05, 0.1) is 17.3 Å². The lowest BCUT2D eigenvalue weighted by atomic mass is 9.91. The number of nitrogens with one attached hydrogen (secondary N) is 1. The van der Waals surface area contributed by atoms with E-state index in [9.17, 15) is 4.79 Å². The molecule has 3 rings (SSSR count). The van der Waals surface area contributed by atoms with Crippen LogP contribution in [0.2, 0.25) is 0 Å². The summed E-state index contributed by atoms with van der Waals surface area (Å²) in [6.45, 7) is 4.49. The SMILES string of the molecule is Cc1cc(NC(=O)[C@@H]2CCCO[C@H]2c2ccnn2C)nnc1C. The summed E-state index contributed by atoms with van der Waals surface area (Å²) in [4.78, 5) is 12.7. The Morgan fingerprint density at radius 3 is 2.91 bits per heavy atom. The van der Waals surface area contributed by atoms with Crippen LogP contribution < -0.4 is 5.32 Å². The Labute approximate surface area is 135 Å². The van der Waals surface area contributed by atoms with Crippen molar-refractivity contribution >= 4 is 11.7 Å². The van der Waals surface area contributed by atoms with Crippen molar-refractivity contribution in [2.75, 3.05) is 11.9 Å². The average Bonchev–Trinajstić information content (AvgIpc) is 2.97. The van der Waals surface area contributed by atoms with Gasteiger partial charge < -0.3 is 10.1 Å². The minimum atomic E-state index is -0.282. The molecule has 0 unspecified atom stereocenters. The van der Waals surface area contributed by atoms with Crippen LogP contribution in [0.25, 0.3) is 0 Å². The Balaban J connectivity index is 1.78. The summed E-state index contributed by atoms with van der Waals surface area (Å²) >= 11 is 0. The van der Waals surface area contributed by atoms with E-state index < -0.39 is 0 Å². The number of nitrogens with zero attached hydrogens (tertiary/aromatic N) is 4. The number of aryl methyl sites for hydroxylation is 3. The molecule has 0 saturated carbocycles. The van der Waals surface area contributed by atoms with Crippen LogP contribution in [0.5, 0.6) is 0 Å². The van der Waals surface area contributed by atoms with Crippen molar-refractivity contribution in [3.05, 3.63) is 35.3 Å². The Kier molecular flexibility index (Phi) is 4.38. The van der Waals surface area contributed by atoms with E-state index in [4.69, 9.17) is 4.74 Å². The Hall–Kier alpha value is -2.28. The maximum atomic E-state index is 12.7. The number of rotatable bonds is 3. The molecule has 1 aliphatic rings. The number of hydrogen-bond acceptors (Lipinski definition) is 5. The normalized spacial score (nSPS) is 21.2. The number of carbonyl (C=O) groups excluding carboxylic acids is 1. The zero-order valence-corrected chi connectivity index (χ0v) is 13.6. The first-order chi connectivity index (χ1) is 11.1. The van der Waals surface area contributed by atoms with Crippen molar-refractivity contribution < 1.29 is 9.53 Å². The first kappa shape index (κ1) is 15.6. The van der Waals surface area contributed by atoms with Gasteiger partial charge in [-0.05, 0) is 44.4 Å². The molecule has 1 N–H and O–H groups in total. The molecule has 1 saturated heterocycles. The van der Waals surface area contributed by atoms with E-state index in [0.717, 1.165) is 29.8 Å². The number of carbonyl (C=O) groups is 1. The lowest BCUT2D eigenvalue weighted by molar-refractivity contribution is -0.129. The molecule has 2 atom stereocenters. The van der Waals surface area contributed by atoms with Crippen LogP contribution in [0.1, 0.15) is 35.9 Å². The van der Waals surface area contributed by atoms with Gasteiger partial charge in [0, 0.05) is 19.9 Å². The quantitative estimate of drug-likeness (QED) is 0.936. The molecule has 1 fully saturated rings. The number of aromatic nitrogens is 4. The Morgan fingerprint density at radius 2 is 2.22 bits per heavy atom. The van der Waals surface area contributed by atoms with Crippen molar-refractivity contribution in [2.24, 2.45) is 13.0 Å². The summed E-state index contributed by atoms with van der Waals surface area (Å²) in [6.07, 6.45) is 3.08. The highest BCUT2D eigenvalue weighted by atomic mass is 16.5. The van der Waals surface area contributed by atoms with Crippen molar-refractivity contribution in [1.29, 1.82) is 0 Å². The molecule has 0 radical (unpaired) electrons. The van der Waals surface area contributed by atoms with Gasteiger partial charge in [0.1, 0.15) is 6.10 Å². The van der Waals surface area contributed by atoms with Crippen molar-refractivity contribution in [3.63, 3.8) is 0 Å². The molecular weight excluding hydrogens is 294 g/mol. The molecule has 1 aliphatic heterocycles. The van der Waals surface area contributed by atoms with Crippen LogP contribution >= 0.6 is 0 Å². The summed E-state index contributed by atoms with van der Waals surface area (Å²) in [5.74, 6) is 0.128. The van der Waals surface area contributed by atoms with Gasteiger partial charge in [-0.3, -0.25) is 9.48 Å². The molecule has 7 heteroatoms. The summed E-state index contributed by atoms with van der Waals surface area (Å²) < 4.78 is 7.62. The van der Waals surface area contributed by atoms with E-state index in [0.29, 0.717) is 12.4 Å². The standard InChI is InChI=1S/C16H21N5O2/c1-10-9-14(20-19-11(10)2)18-16(22)12-5-4-8-23-15(12)13-6-7-17-21(13)3/h6-7,9,12,15H,4-5,8H2,1-3H3,(H,18,20,22)/t12-,15-/m1/s1. The molecule has 2 aromatic heterocycles. The third kappa shape index (κ3) is 3.24. The predicted molar refractivity (Wildman–Crippen MR) is 84.8 cm³/mol. The minimum absolute atomic E-state index is 0.0894. The van der Waals surface area contributed by atoms with E-state index in [1.54, 1.807) is 10.9 Å². The van der Waals surface area contributed by atoms with Crippen molar-refractivity contribution in [3.8, 4) is 0 Å². The van der Waals surface area contributed by atoms with E-state index in [1.165, 1.54) is 0 Å². The van der Waals surface area contributed by atoms with Crippen molar-refractivity contribution in [1.82, 2.24) is 20.0 Å². The second kappa shape index (κ2) is 6.45. The van der Waals surface area contributed by atoms with E-state index in [-0.39, 0.29) is 17.9 Å². The highest BCUT2D eigenvalue weighted by Gasteiger charge is 2.35. The van der Waals surface area contributed by atoms with Gasteiger partial charge in [-0.25, -0.2) is 0 Å². The van der Waals surface area contributed by atoms with Gasteiger partial charge in [0.25, 0.3) is 0 Å². The van der Waals surface area contributed by atoms with Crippen LogP contribution in [0.3, 0.4) is 0 Å². The average molecular weight is 315 g/mol. The van der Waals surface area contributed by atoms with Gasteiger partial charge in [-0.2, -0.15) is 10.2 Å². The van der Waals surface area contributed by atoms with Gasteiger partial charge in [-0.15, -0.1) is 5.10 Å². The molecule has 2 aromatic rings. The van der Waals surface area contributed by atoms with E-state index in [1.807, 2.05) is 33.0 Å². The van der Waals surface area contributed by atoms with Crippen LogP contribution in [-0.2, 0) is 16.6 Å². The van der Waals surface area contributed by atoms with E-state index >= 15 is 0 Å². The van der Waals surface area contributed by atoms with Gasteiger partial charge in [0.15, 0.2) is 5.82 Å². The maximum Gasteiger partial charge on any atom is 0.231 e. The largest absolute Gasteiger partial charge is 0.371 e. The number of amides is 1. The maximum absolute atomic E-state index is 12.7. The summed E-state index contributed by atoms with van der Waals surface area (Å²) in [5, 5.41) is 15.1. The summed E-state index contributed by atoms with van der Waals surface area (Å²) in [6, 6.07) is 3.73. The van der Waals surface area contributed by atoms with E-state index in [2.05, 4.69) is 20.6 Å². The zero-order chi connectivity index (χ0) is 16.4. The first-order valence-corrected chi connectivity index (χ1v) is 7.77. The molecule has 0 bridgehead atoms. The zero-order valence-electron chi connectivity index (χ0n) is 13.6. The highest BCUT2D eigenvalue weighted by Crippen LogP contribution is 2.34. The van der Waals surface area contributed by atoms with Gasteiger partial charge in [-0.1, -0.05) is 0 Å². The Morgan fingerprint density at radius 1 is 1.39 bits per heavy atom. The van der Waals surface area contributed by atoms with Crippen LogP contribution in [-0.4, -0.2) is 32.5 Å². The number of anilines is 1. The second-order valence-corrected chi connectivity index (χ2v) is 5.91. The third-order valence-electron chi connectivity index (χ3n) is 4.29. The van der Waals surface area contributed by atoms with Crippen LogP contribution in [0.4, 0.5) is 5.82 Å². The fourth-order valence-corrected chi connectivity index (χ4v) is 2.83. The predicted octanol–water partition coefficient (Wildman–Crippen LogP) is 1.93. The minimum Gasteiger partial charge on any atom is -0.371 e. The van der Waals surface area contributed by atoms with Crippen LogP contribution in [0, 0.1) is 19.8 Å². The fourth-order valence-electron chi connectivity index (χ4n) is 2.83. The molecule has 0 spiro atoms. The molecular formula is C16H21N5O2. The molecule has 0 aromatic carbocycles.